The molecule has 1 amide bonds. The molecule has 3 aromatic carbocycles. The maximum atomic E-state index is 13.8. The number of aliphatic imine (C=N–C) groups is 1. The molecule has 1 fully saturated rings. The van der Waals surface area contributed by atoms with Crippen LogP contribution < -0.4 is 10.2 Å². The van der Waals surface area contributed by atoms with Crippen LogP contribution >= 0.6 is 11.8 Å². The molecule has 0 saturated carbocycles. The van der Waals surface area contributed by atoms with Crippen molar-refractivity contribution in [3.05, 3.63) is 108 Å². The molecule has 6 nitrogen and oxygen atoms in total. The number of carbonyl (C=O) groups excluding carboxylic acids is 1. The minimum Gasteiger partial charge on any atom is -0.353 e. The van der Waals surface area contributed by atoms with Gasteiger partial charge in [-0.1, -0.05) is 78.5 Å². The minimum atomic E-state index is -1.40. The Labute approximate surface area is 216 Å². The van der Waals surface area contributed by atoms with Crippen molar-refractivity contribution in [1.29, 1.82) is 0 Å². The van der Waals surface area contributed by atoms with Crippen LogP contribution in [0.2, 0.25) is 0 Å². The standard InChI is InChI=1S/C29H30N4O2S/c1-20(2)32(24-17-11-6-12-18-24)29(35)19-36-28-30-21(3)25(27(34)31-23-15-9-5-10-16-23)26(33(28)29)22-13-7-4-8-14-22/h4-18,20,26,35H,19H2,1-3H3,(H,31,34)/t26-,29+/m1/s1. The minimum absolute atomic E-state index is 0.0117. The van der Waals surface area contributed by atoms with Gasteiger partial charge >= 0.3 is 0 Å². The highest BCUT2D eigenvalue weighted by molar-refractivity contribution is 8.14. The zero-order chi connectivity index (χ0) is 25.3. The van der Waals surface area contributed by atoms with Crippen LogP contribution in [0.25, 0.3) is 0 Å². The molecule has 2 heterocycles. The zero-order valence-corrected chi connectivity index (χ0v) is 21.4. The molecule has 184 valence electrons. The third-order valence-corrected chi connectivity index (χ3v) is 7.58. The molecule has 5 rings (SSSR count). The summed E-state index contributed by atoms with van der Waals surface area (Å²) in [4.78, 5) is 22.5. The van der Waals surface area contributed by atoms with Gasteiger partial charge < -0.3 is 15.3 Å². The second kappa shape index (κ2) is 9.84. The lowest BCUT2D eigenvalue weighted by atomic mass is 9.92. The maximum absolute atomic E-state index is 13.8. The average molecular weight is 499 g/mol. The first kappa shape index (κ1) is 24.2. The number of anilines is 2. The van der Waals surface area contributed by atoms with Crippen LogP contribution in [0.5, 0.6) is 0 Å². The summed E-state index contributed by atoms with van der Waals surface area (Å²) in [5.74, 6) is -1.24. The van der Waals surface area contributed by atoms with E-state index in [4.69, 9.17) is 4.99 Å². The van der Waals surface area contributed by atoms with Crippen LogP contribution in [-0.2, 0) is 4.79 Å². The van der Waals surface area contributed by atoms with Crippen molar-refractivity contribution >= 4 is 34.2 Å². The predicted octanol–water partition coefficient (Wildman–Crippen LogP) is 5.62. The molecule has 2 aliphatic heterocycles. The number of hydrogen-bond donors (Lipinski definition) is 2. The van der Waals surface area contributed by atoms with E-state index in [-0.39, 0.29) is 11.9 Å². The van der Waals surface area contributed by atoms with Crippen molar-refractivity contribution in [2.45, 2.75) is 38.7 Å². The second-order valence-corrected chi connectivity index (χ2v) is 10.2. The Kier molecular flexibility index (Phi) is 6.60. The molecule has 0 bridgehead atoms. The molecule has 0 aromatic heterocycles. The van der Waals surface area contributed by atoms with Gasteiger partial charge in [0.15, 0.2) is 5.17 Å². The summed E-state index contributed by atoms with van der Waals surface area (Å²) in [6.07, 6.45) is 0. The van der Waals surface area contributed by atoms with Gasteiger partial charge in [0.2, 0.25) is 5.85 Å². The molecular formula is C29H30N4O2S. The van der Waals surface area contributed by atoms with Crippen molar-refractivity contribution in [2.75, 3.05) is 16.0 Å². The lowest BCUT2D eigenvalue weighted by Gasteiger charge is -2.50. The molecule has 2 aliphatic rings. The molecule has 0 spiro atoms. The van der Waals surface area contributed by atoms with Crippen LogP contribution in [0, 0.1) is 0 Å². The Morgan fingerprint density at radius 1 is 1.03 bits per heavy atom. The molecule has 0 unspecified atom stereocenters. The van der Waals surface area contributed by atoms with E-state index in [1.165, 1.54) is 11.8 Å². The highest BCUT2D eigenvalue weighted by Crippen LogP contribution is 2.48. The van der Waals surface area contributed by atoms with Gasteiger partial charge in [-0.3, -0.25) is 9.69 Å². The number of fused-ring (bicyclic) bond motifs is 1. The molecule has 0 radical (unpaired) electrons. The number of nitrogens with one attached hydrogen (secondary N) is 1. The quantitative estimate of drug-likeness (QED) is 0.432. The van der Waals surface area contributed by atoms with Gasteiger partial charge in [0.1, 0.15) is 0 Å². The molecule has 2 N–H and O–H groups in total. The van der Waals surface area contributed by atoms with Gasteiger partial charge in [-0.15, -0.1) is 0 Å². The summed E-state index contributed by atoms with van der Waals surface area (Å²) in [7, 11) is 0. The van der Waals surface area contributed by atoms with E-state index in [1.807, 2.05) is 108 Å². The Balaban J connectivity index is 1.64. The van der Waals surface area contributed by atoms with Gasteiger partial charge in [0.25, 0.3) is 5.91 Å². The number of amides is 1. The lowest BCUT2D eigenvalue weighted by Crippen LogP contribution is -2.64. The second-order valence-electron chi connectivity index (χ2n) is 9.26. The molecule has 1 saturated heterocycles. The first-order valence-electron chi connectivity index (χ1n) is 12.1. The number of allylic oxidation sites excluding steroid dienone is 1. The van der Waals surface area contributed by atoms with E-state index in [0.29, 0.717) is 27.9 Å². The van der Waals surface area contributed by atoms with Crippen molar-refractivity contribution in [3.63, 3.8) is 0 Å². The number of carbonyl (C=O) groups is 1. The van der Waals surface area contributed by atoms with Crippen molar-refractivity contribution in [1.82, 2.24) is 4.90 Å². The molecule has 36 heavy (non-hydrogen) atoms. The lowest BCUT2D eigenvalue weighted by molar-refractivity contribution is -0.114. The van der Waals surface area contributed by atoms with Crippen molar-refractivity contribution in [3.8, 4) is 0 Å². The normalized spacial score (nSPS) is 21.3. The zero-order valence-electron chi connectivity index (χ0n) is 20.6. The first-order chi connectivity index (χ1) is 17.4. The number of para-hydroxylation sites is 2. The van der Waals surface area contributed by atoms with Crippen LogP contribution in [0.3, 0.4) is 0 Å². The topological polar surface area (TPSA) is 68.2 Å². The molecule has 3 aromatic rings. The van der Waals surface area contributed by atoms with E-state index in [9.17, 15) is 9.90 Å². The molecule has 7 heteroatoms. The summed E-state index contributed by atoms with van der Waals surface area (Å²) in [6, 6.07) is 28.7. The summed E-state index contributed by atoms with van der Waals surface area (Å²) in [6.45, 7) is 6.00. The SMILES string of the molecule is CC1=C(C(=O)Nc2ccccc2)[C@@H](c2ccccc2)N2C(=N1)SC[C@]2(O)N(c1ccccc1)C(C)C. The van der Waals surface area contributed by atoms with Crippen molar-refractivity contribution < 1.29 is 9.90 Å². The third-order valence-electron chi connectivity index (χ3n) is 6.50. The number of hydrogen-bond acceptors (Lipinski definition) is 6. The fraction of sp³-hybridized carbons (Fsp3) is 0.241. The smallest absolute Gasteiger partial charge is 0.255 e. The van der Waals surface area contributed by atoms with E-state index in [2.05, 4.69) is 19.2 Å². The Morgan fingerprint density at radius 2 is 1.61 bits per heavy atom. The largest absolute Gasteiger partial charge is 0.353 e. The third kappa shape index (κ3) is 4.29. The van der Waals surface area contributed by atoms with Gasteiger partial charge in [-0.25, -0.2) is 4.99 Å². The van der Waals surface area contributed by atoms with E-state index < -0.39 is 11.9 Å². The number of thioether (sulfide) groups is 1. The van der Waals surface area contributed by atoms with Crippen LogP contribution in [-0.4, -0.2) is 38.7 Å². The van der Waals surface area contributed by atoms with E-state index in [0.717, 1.165) is 11.3 Å². The van der Waals surface area contributed by atoms with E-state index in [1.54, 1.807) is 0 Å². The highest BCUT2D eigenvalue weighted by Gasteiger charge is 2.55. The fourth-order valence-corrected chi connectivity index (χ4v) is 6.23. The number of rotatable bonds is 6. The Hall–Kier alpha value is -3.55. The van der Waals surface area contributed by atoms with Gasteiger partial charge in [-0.2, -0.15) is 0 Å². The van der Waals surface area contributed by atoms with Gasteiger partial charge in [0, 0.05) is 17.4 Å². The van der Waals surface area contributed by atoms with Crippen LogP contribution in [0.1, 0.15) is 32.4 Å². The Morgan fingerprint density at radius 3 is 2.22 bits per heavy atom. The monoisotopic (exact) mass is 498 g/mol. The number of benzene rings is 3. The number of nitrogens with zero attached hydrogens (tertiary/aromatic N) is 3. The first-order valence-corrected chi connectivity index (χ1v) is 13.1. The Bertz CT molecular complexity index is 1290. The number of amidine groups is 1. The van der Waals surface area contributed by atoms with Crippen molar-refractivity contribution in [2.24, 2.45) is 4.99 Å². The average Bonchev–Trinajstić information content (AvgIpc) is 3.21. The maximum Gasteiger partial charge on any atom is 0.255 e. The molecule has 0 aliphatic carbocycles. The van der Waals surface area contributed by atoms with E-state index >= 15 is 0 Å². The summed E-state index contributed by atoms with van der Waals surface area (Å²) in [5.41, 5.74) is 3.71. The molecule has 2 atom stereocenters. The van der Waals surface area contributed by atoms with Gasteiger partial charge in [0.05, 0.1) is 23.1 Å². The van der Waals surface area contributed by atoms with Crippen LogP contribution in [0.4, 0.5) is 11.4 Å². The highest BCUT2D eigenvalue weighted by atomic mass is 32.2. The number of aliphatic hydroxyl groups is 1. The summed E-state index contributed by atoms with van der Waals surface area (Å²) >= 11 is 1.51. The molecular weight excluding hydrogens is 468 g/mol. The summed E-state index contributed by atoms with van der Waals surface area (Å²) in [5, 5.41) is 16.2. The van der Waals surface area contributed by atoms with Gasteiger partial charge in [-0.05, 0) is 50.6 Å². The fourth-order valence-electron chi connectivity index (χ4n) is 5.04. The predicted molar refractivity (Wildman–Crippen MR) is 148 cm³/mol. The summed E-state index contributed by atoms with van der Waals surface area (Å²) < 4.78 is 0. The van der Waals surface area contributed by atoms with Crippen LogP contribution in [0.15, 0.2) is 107 Å².